The van der Waals surface area contributed by atoms with Gasteiger partial charge in [0.1, 0.15) is 0 Å². The summed E-state index contributed by atoms with van der Waals surface area (Å²) < 4.78 is 5.43. The highest BCUT2D eigenvalue weighted by Gasteiger charge is 2.18. The Bertz CT molecular complexity index is 1130. The third kappa shape index (κ3) is 55.4. The first-order chi connectivity index (χ1) is 34.5. The van der Waals surface area contributed by atoms with Crippen LogP contribution < -0.4 is 5.32 Å². The zero-order valence-electron chi connectivity index (χ0n) is 47.0. The zero-order valence-corrected chi connectivity index (χ0v) is 47.0. The smallest absolute Gasteiger partial charge is 0.305 e. The number of allylic oxidation sites excluding steroid dienone is 4. The molecule has 3 N–H and O–H groups in total. The lowest BCUT2D eigenvalue weighted by molar-refractivity contribution is -0.143. The van der Waals surface area contributed by atoms with Crippen molar-refractivity contribution < 1.29 is 24.5 Å². The van der Waals surface area contributed by atoms with E-state index in [4.69, 9.17) is 4.74 Å². The maximum absolute atomic E-state index is 12.5. The summed E-state index contributed by atoms with van der Waals surface area (Å²) in [5, 5.41) is 23.1. The van der Waals surface area contributed by atoms with E-state index in [2.05, 4.69) is 43.5 Å². The number of ether oxygens (including phenoxy) is 1. The first kappa shape index (κ1) is 68.1. The molecule has 70 heavy (non-hydrogen) atoms. The number of amides is 1. The lowest BCUT2D eigenvalue weighted by atomic mass is 10.0. The topological polar surface area (TPSA) is 95.9 Å². The quantitative estimate of drug-likeness (QED) is 0.0321. The molecule has 6 nitrogen and oxygen atoms in total. The van der Waals surface area contributed by atoms with E-state index in [1.807, 2.05) is 6.08 Å². The summed E-state index contributed by atoms with van der Waals surface area (Å²) in [4.78, 5) is 24.5. The van der Waals surface area contributed by atoms with Gasteiger partial charge in [-0.25, -0.2) is 0 Å². The second kappa shape index (κ2) is 59.6. The lowest BCUT2D eigenvalue weighted by Crippen LogP contribution is -2.45. The third-order valence-electron chi connectivity index (χ3n) is 14.4. The Hall–Kier alpha value is -1.92. The van der Waals surface area contributed by atoms with Gasteiger partial charge in [-0.2, -0.15) is 0 Å². The SMILES string of the molecule is CCCCCCCCCCCCCCCC/C=C/C(O)C(CO)NC(=O)CCCCCCCCCCCCCCCC/C=C\C/C=C\CCOC(=O)CCCCCCCCCCCCCCCCCC. The molecule has 0 aliphatic rings. The average Bonchev–Trinajstić information content (AvgIpc) is 3.36. The fourth-order valence-corrected chi connectivity index (χ4v) is 9.65. The number of esters is 1. The summed E-state index contributed by atoms with van der Waals surface area (Å²) in [6.45, 7) is 4.82. The van der Waals surface area contributed by atoms with Crippen LogP contribution in [0.5, 0.6) is 0 Å². The van der Waals surface area contributed by atoms with E-state index in [-0.39, 0.29) is 18.5 Å². The van der Waals surface area contributed by atoms with Gasteiger partial charge in [-0.1, -0.05) is 307 Å². The Morgan fingerprint density at radius 1 is 0.400 bits per heavy atom. The molecule has 0 radical (unpaired) electrons. The third-order valence-corrected chi connectivity index (χ3v) is 14.4. The van der Waals surface area contributed by atoms with Crippen LogP contribution >= 0.6 is 0 Å². The predicted molar refractivity (Wildman–Crippen MR) is 306 cm³/mol. The summed E-state index contributed by atoms with van der Waals surface area (Å²) in [6.07, 6.45) is 74.8. The van der Waals surface area contributed by atoms with E-state index < -0.39 is 12.1 Å². The molecule has 0 rings (SSSR count). The van der Waals surface area contributed by atoms with Gasteiger partial charge in [0.05, 0.1) is 25.4 Å². The van der Waals surface area contributed by atoms with Crippen molar-refractivity contribution in [1.82, 2.24) is 5.32 Å². The molecule has 0 fully saturated rings. The molecule has 1 amide bonds. The summed E-state index contributed by atoms with van der Waals surface area (Å²) in [6, 6.07) is -0.632. The van der Waals surface area contributed by atoms with Crippen molar-refractivity contribution in [2.24, 2.45) is 0 Å². The van der Waals surface area contributed by atoms with Crippen LogP contribution in [0.25, 0.3) is 0 Å². The molecular weight excluding hydrogens is 863 g/mol. The van der Waals surface area contributed by atoms with Crippen LogP contribution in [0.3, 0.4) is 0 Å². The second-order valence-corrected chi connectivity index (χ2v) is 21.4. The Balaban J connectivity index is 3.46. The Morgan fingerprint density at radius 2 is 0.714 bits per heavy atom. The summed E-state index contributed by atoms with van der Waals surface area (Å²) in [5.74, 6) is -0.103. The first-order valence-electron chi connectivity index (χ1n) is 31.3. The maximum atomic E-state index is 12.5. The van der Waals surface area contributed by atoms with Crippen molar-refractivity contribution in [3.63, 3.8) is 0 Å². The summed E-state index contributed by atoms with van der Waals surface area (Å²) in [7, 11) is 0. The van der Waals surface area contributed by atoms with Gasteiger partial charge >= 0.3 is 5.97 Å². The number of aliphatic hydroxyl groups excluding tert-OH is 2. The van der Waals surface area contributed by atoms with Crippen LogP contribution in [0, 0.1) is 0 Å². The van der Waals surface area contributed by atoms with Crippen LogP contribution in [-0.4, -0.2) is 47.4 Å². The molecule has 0 aromatic heterocycles. The van der Waals surface area contributed by atoms with Crippen LogP contribution in [-0.2, 0) is 14.3 Å². The highest BCUT2D eigenvalue weighted by Crippen LogP contribution is 2.17. The molecule has 0 saturated carbocycles. The average molecular weight is 985 g/mol. The number of carbonyl (C=O) groups is 2. The molecular formula is C64H121NO5. The Labute approximate surface area is 436 Å². The van der Waals surface area contributed by atoms with Gasteiger partial charge in [0, 0.05) is 12.8 Å². The van der Waals surface area contributed by atoms with E-state index in [0.29, 0.717) is 19.4 Å². The van der Waals surface area contributed by atoms with Crippen molar-refractivity contribution in [3.05, 3.63) is 36.5 Å². The highest BCUT2D eigenvalue weighted by atomic mass is 16.5. The van der Waals surface area contributed by atoms with Crippen molar-refractivity contribution in [2.45, 2.75) is 347 Å². The molecule has 2 atom stereocenters. The summed E-state index contributed by atoms with van der Waals surface area (Å²) >= 11 is 0. The maximum Gasteiger partial charge on any atom is 0.305 e. The normalized spacial score (nSPS) is 12.8. The monoisotopic (exact) mass is 984 g/mol. The van der Waals surface area contributed by atoms with Crippen molar-refractivity contribution in [2.75, 3.05) is 13.2 Å². The van der Waals surface area contributed by atoms with E-state index in [9.17, 15) is 19.8 Å². The minimum absolute atomic E-state index is 0.0323. The highest BCUT2D eigenvalue weighted by molar-refractivity contribution is 5.76. The van der Waals surface area contributed by atoms with Crippen molar-refractivity contribution in [3.8, 4) is 0 Å². The Kier molecular flexibility index (Phi) is 58.0. The van der Waals surface area contributed by atoms with E-state index in [0.717, 1.165) is 51.4 Å². The minimum Gasteiger partial charge on any atom is -0.465 e. The van der Waals surface area contributed by atoms with Gasteiger partial charge in [0.15, 0.2) is 0 Å². The van der Waals surface area contributed by atoms with Crippen molar-refractivity contribution in [1.29, 1.82) is 0 Å². The number of hydrogen-bond donors (Lipinski definition) is 3. The van der Waals surface area contributed by atoms with E-state index >= 15 is 0 Å². The molecule has 0 bridgehead atoms. The van der Waals surface area contributed by atoms with Gasteiger partial charge in [-0.15, -0.1) is 0 Å². The van der Waals surface area contributed by atoms with Gasteiger partial charge in [0.2, 0.25) is 5.91 Å². The van der Waals surface area contributed by atoms with Gasteiger partial charge in [-0.05, 0) is 51.4 Å². The van der Waals surface area contributed by atoms with Crippen LogP contribution in [0.2, 0.25) is 0 Å². The molecule has 6 heteroatoms. The molecule has 412 valence electrons. The minimum atomic E-state index is -0.848. The molecule has 0 heterocycles. The fourth-order valence-electron chi connectivity index (χ4n) is 9.65. The molecule has 0 saturated heterocycles. The van der Waals surface area contributed by atoms with Crippen LogP contribution in [0.4, 0.5) is 0 Å². The van der Waals surface area contributed by atoms with Crippen LogP contribution in [0.1, 0.15) is 335 Å². The van der Waals surface area contributed by atoms with Gasteiger partial charge in [0.25, 0.3) is 0 Å². The number of hydrogen-bond acceptors (Lipinski definition) is 5. The first-order valence-corrected chi connectivity index (χ1v) is 31.3. The molecule has 2 unspecified atom stereocenters. The predicted octanol–water partition coefficient (Wildman–Crippen LogP) is 19.6. The molecule has 0 aromatic carbocycles. The standard InChI is InChI=1S/C64H121NO5/c1-3-5-7-9-11-13-15-17-19-28-32-36-40-44-48-52-56-62(67)61(60-66)65-63(68)57-53-49-45-41-37-33-29-26-24-22-21-23-25-27-31-35-39-43-47-51-55-59-70-64(69)58-54-50-46-42-38-34-30-20-18-16-14-12-10-8-6-4-2/h35,39,47,51-52,56,61-62,66-67H,3-34,36-38,40-46,48-50,53-55,57-60H2,1-2H3,(H,65,68)/b39-35-,51-47-,56-52+. The number of rotatable bonds is 58. The fraction of sp³-hybridized carbons (Fsp3) is 0.875. The molecule has 0 aliphatic heterocycles. The molecule has 0 aromatic rings. The number of unbranched alkanes of at least 4 members (excludes halogenated alkanes) is 43. The van der Waals surface area contributed by atoms with Gasteiger partial charge < -0.3 is 20.3 Å². The molecule has 0 aliphatic carbocycles. The van der Waals surface area contributed by atoms with E-state index in [1.165, 1.54) is 257 Å². The van der Waals surface area contributed by atoms with E-state index in [1.54, 1.807) is 6.08 Å². The van der Waals surface area contributed by atoms with Crippen LogP contribution in [0.15, 0.2) is 36.5 Å². The number of carbonyl (C=O) groups excluding carboxylic acids is 2. The summed E-state index contributed by atoms with van der Waals surface area (Å²) in [5.41, 5.74) is 0. The number of nitrogens with one attached hydrogen (secondary N) is 1. The second-order valence-electron chi connectivity index (χ2n) is 21.4. The zero-order chi connectivity index (χ0) is 50.7. The molecule has 0 spiro atoms. The largest absolute Gasteiger partial charge is 0.465 e. The number of aliphatic hydroxyl groups is 2. The Morgan fingerprint density at radius 3 is 1.09 bits per heavy atom. The van der Waals surface area contributed by atoms with Gasteiger partial charge in [-0.3, -0.25) is 9.59 Å². The van der Waals surface area contributed by atoms with Crippen molar-refractivity contribution >= 4 is 11.9 Å². The lowest BCUT2D eigenvalue weighted by Gasteiger charge is -2.20.